The van der Waals surface area contributed by atoms with Crippen LogP contribution in [-0.2, 0) is 9.59 Å². The summed E-state index contributed by atoms with van der Waals surface area (Å²) >= 11 is 1.42. The van der Waals surface area contributed by atoms with Gasteiger partial charge < -0.3 is 10.4 Å². The molecular formula is C16H12N2O5S. The van der Waals surface area contributed by atoms with Crippen LogP contribution in [0, 0.1) is 10.1 Å². The first-order chi connectivity index (χ1) is 11.4. The third-order valence-electron chi connectivity index (χ3n) is 2.78. The van der Waals surface area contributed by atoms with Gasteiger partial charge in [-0.1, -0.05) is 11.8 Å². The SMILES string of the molecule is O=C(O)/C=C/C(=O)Nc1ccc(Sc2ccc([N+](=O)[O-])cc2)cc1. The quantitative estimate of drug-likeness (QED) is 0.472. The number of carboxylic acid groups (broad SMARTS) is 1. The molecular weight excluding hydrogens is 332 g/mol. The van der Waals surface area contributed by atoms with Crippen LogP contribution in [0.25, 0.3) is 0 Å². The summed E-state index contributed by atoms with van der Waals surface area (Å²) in [6.07, 6.45) is 1.69. The van der Waals surface area contributed by atoms with Crippen molar-refractivity contribution in [3.05, 3.63) is 70.8 Å². The molecule has 0 aliphatic rings. The maximum atomic E-state index is 11.5. The molecule has 2 rings (SSSR count). The van der Waals surface area contributed by atoms with Gasteiger partial charge in [-0.2, -0.15) is 0 Å². The molecule has 0 unspecified atom stereocenters. The van der Waals surface area contributed by atoms with E-state index in [1.165, 1.54) is 23.9 Å². The Balaban J connectivity index is 1.97. The molecule has 0 aromatic heterocycles. The summed E-state index contributed by atoms with van der Waals surface area (Å²) in [6.45, 7) is 0. The monoisotopic (exact) mass is 344 g/mol. The summed E-state index contributed by atoms with van der Waals surface area (Å²) in [5, 5.41) is 21.6. The van der Waals surface area contributed by atoms with Crippen LogP contribution < -0.4 is 5.32 Å². The van der Waals surface area contributed by atoms with E-state index in [9.17, 15) is 19.7 Å². The standard InChI is InChI=1S/C16H12N2O5S/c19-15(9-10-16(20)21)17-11-1-5-13(6-2-11)24-14-7-3-12(4-8-14)18(22)23/h1-10H,(H,17,19)(H,20,21)/b10-9+. The lowest BCUT2D eigenvalue weighted by Crippen LogP contribution is -2.08. The number of rotatable bonds is 6. The number of carbonyl (C=O) groups is 2. The summed E-state index contributed by atoms with van der Waals surface area (Å²) in [5.41, 5.74) is 0.565. The molecule has 0 aliphatic carbocycles. The number of nitro benzene ring substituents is 1. The van der Waals surface area contributed by atoms with E-state index in [0.29, 0.717) is 5.69 Å². The molecule has 0 aliphatic heterocycles. The Morgan fingerprint density at radius 2 is 1.54 bits per heavy atom. The highest BCUT2D eigenvalue weighted by Gasteiger charge is 2.05. The van der Waals surface area contributed by atoms with Crippen LogP contribution >= 0.6 is 11.8 Å². The van der Waals surface area contributed by atoms with E-state index in [0.717, 1.165) is 21.9 Å². The van der Waals surface area contributed by atoms with Crippen LogP contribution in [0.2, 0.25) is 0 Å². The van der Waals surface area contributed by atoms with Gasteiger partial charge in [-0.25, -0.2) is 4.79 Å². The molecule has 24 heavy (non-hydrogen) atoms. The van der Waals surface area contributed by atoms with Gasteiger partial charge in [0.25, 0.3) is 5.69 Å². The minimum absolute atomic E-state index is 0.0341. The largest absolute Gasteiger partial charge is 0.478 e. The summed E-state index contributed by atoms with van der Waals surface area (Å²) in [4.78, 5) is 33.7. The lowest BCUT2D eigenvalue weighted by Gasteiger charge is -2.05. The minimum atomic E-state index is -1.19. The Morgan fingerprint density at radius 3 is 2.04 bits per heavy atom. The van der Waals surface area contributed by atoms with Crippen molar-refractivity contribution in [2.24, 2.45) is 0 Å². The zero-order valence-corrected chi connectivity index (χ0v) is 13.0. The number of non-ortho nitro benzene ring substituents is 1. The molecule has 122 valence electrons. The van der Waals surface area contributed by atoms with Gasteiger partial charge in [0.05, 0.1) is 4.92 Å². The molecule has 7 nitrogen and oxygen atoms in total. The number of nitrogens with zero attached hydrogens (tertiary/aromatic N) is 1. The van der Waals surface area contributed by atoms with E-state index in [-0.39, 0.29) is 5.69 Å². The number of amides is 1. The van der Waals surface area contributed by atoms with Crippen LogP contribution in [0.15, 0.2) is 70.5 Å². The highest BCUT2D eigenvalue weighted by molar-refractivity contribution is 7.99. The van der Waals surface area contributed by atoms with Crippen LogP contribution in [0.1, 0.15) is 0 Å². The molecule has 1 amide bonds. The Bertz CT molecular complexity index is 785. The fourth-order valence-electron chi connectivity index (χ4n) is 1.71. The van der Waals surface area contributed by atoms with Crippen LogP contribution in [-0.4, -0.2) is 21.9 Å². The maximum absolute atomic E-state index is 11.5. The molecule has 0 heterocycles. The summed E-state index contributed by atoms with van der Waals surface area (Å²) in [7, 11) is 0. The summed E-state index contributed by atoms with van der Waals surface area (Å²) < 4.78 is 0. The van der Waals surface area contributed by atoms with Gasteiger partial charge in [-0.3, -0.25) is 14.9 Å². The van der Waals surface area contributed by atoms with E-state index in [2.05, 4.69) is 5.32 Å². The molecule has 2 N–H and O–H groups in total. The second kappa shape index (κ2) is 7.93. The molecule has 0 atom stereocenters. The molecule has 0 bridgehead atoms. The number of benzene rings is 2. The van der Waals surface area contributed by atoms with Gasteiger partial charge in [-0.15, -0.1) is 0 Å². The van der Waals surface area contributed by atoms with Crippen molar-refractivity contribution in [2.75, 3.05) is 5.32 Å². The summed E-state index contributed by atoms with van der Waals surface area (Å²) in [5.74, 6) is -1.73. The van der Waals surface area contributed by atoms with E-state index < -0.39 is 16.8 Å². The number of nitrogens with one attached hydrogen (secondary N) is 1. The first-order valence-corrected chi connectivity index (χ1v) is 7.50. The minimum Gasteiger partial charge on any atom is -0.478 e. The van der Waals surface area contributed by atoms with E-state index in [1.54, 1.807) is 36.4 Å². The molecule has 0 radical (unpaired) electrons. The van der Waals surface area contributed by atoms with Crippen LogP contribution in [0.5, 0.6) is 0 Å². The zero-order chi connectivity index (χ0) is 17.5. The predicted octanol–water partition coefficient (Wildman–Crippen LogP) is 3.33. The summed E-state index contributed by atoms with van der Waals surface area (Å²) in [6, 6.07) is 13.1. The van der Waals surface area contributed by atoms with Crippen molar-refractivity contribution in [1.82, 2.24) is 0 Å². The third-order valence-corrected chi connectivity index (χ3v) is 3.80. The first kappa shape index (κ1) is 17.2. The number of anilines is 1. The molecule has 2 aromatic carbocycles. The van der Waals surface area contributed by atoms with Gasteiger partial charge in [0.2, 0.25) is 5.91 Å². The fourth-order valence-corrected chi connectivity index (χ4v) is 2.53. The van der Waals surface area contributed by atoms with Crippen molar-refractivity contribution in [2.45, 2.75) is 9.79 Å². The lowest BCUT2D eigenvalue weighted by atomic mass is 10.3. The average molecular weight is 344 g/mol. The van der Waals surface area contributed by atoms with Gasteiger partial charge >= 0.3 is 5.97 Å². The topological polar surface area (TPSA) is 110 Å². The maximum Gasteiger partial charge on any atom is 0.328 e. The Kier molecular flexibility index (Phi) is 5.69. The van der Waals surface area contributed by atoms with E-state index in [4.69, 9.17) is 5.11 Å². The highest BCUT2D eigenvalue weighted by atomic mass is 32.2. The average Bonchev–Trinajstić information content (AvgIpc) is 2.55. The van der Waals surface area contributed by atoms with Crippen molar-refractivity contribution in [3.8, 4) is 0 Å². The number of nitro groups is 1. The van der Waals surface area contributed by atoms with Crippen molar-refractivity contribution in [3.63, 3.8) is 0 Å². The number of aliphatic carboxylic acids is 1. The Morgan fingerprint density at radius 1 is 1.00 bits per heavy atom. The van der Waals surface area contributed by atoms with Gasteiger partial charge in [0, 0.05) is 39.8 Å². The fraction of sp³-hybridized carbons (Fsp3) is 0. The molecule has 0 saturated carbocycles. The van der Waals surface area contributed by atoms with Crippen molar-refractivity contribution < 1.29 is 19.6 Å². The van der Waals surface area contributed by atoms with Gasteiger partial charge in [-0.05, 0) is 36.4 Å². The smallest absolute Gasteiger partial charge is 0.328 e. The lowest BCUT2D eigenvalue weighted by molar-refractivity contribution is -0.384. The number of carboxylic acids is 1. The Hall–Kier alpha value is -3.13. The van der Waals surface area contributed by atoms with Crippen LogP contribution in [0.4, 0.5) is 11.4 Å². The van der Waals surface area contributed by atoms with Crippen LogP contribution in [0.3, 0.4) is 0 Å². The number of hydrogen-bond donors (Lipinski definition) is 2. The van der Waals surface area contributed by atoms with Crippen molar-refractivity contribution in [1.29, 1.82) is 0 Å². The third kappa shape index (κ3) is 5.25. The van der Waals surface area contributed by atoms with Crippen molar-refractivity contribution >= 4 is 35.0 Å². The van der Waals surface area contributed by atoms with E-state index >= 15 is 0 Å². The second-order valence-corrected chi connectivity index (χ2v) is 5.69. The number of carbonyl (C=O) groups excluding carboxylic acids is 1. The molecule has 0 fully saturated rings. The Labute approximate surface area is 141 Å². The second-order valence-electron chi connectivity index (χ2n) is 4.54. The first-order valence-electron chi connectivity index (χ1n) is 6.68. The molecule has 8 heteroatoms. The van der Waals surface area contributed by atoms with Gasteiger partial charge in [0.1, 0.15) is 0 Å². The highest BCUT2D eigenvalue weighted by Crippen LogP contribution is 2.29. The molecule has 0 spiro atoms. The molecule has 2 aromatic rings. The normalized spacial score (nSPS) is 10.5. The van der Waals surface area contributed by atoms with Gasteiger partial charge in [0.15, 0.2) is 0 Å². The number of hydrogen-bond acceptors (Lipinski definition) is 5. The zero-order valence-electron chi connectivity index (χ0n) is 12.2. The predicted molar refractivity (Wildman–Crippen MR) is 89.1 cm³/mol. The van der Waals surface area contributed by atoms with E-state index in [1.807, 2.05) is 0 Å². The molecule has 0 saturated heterocycles.